The zero-order valence-corrected chi connectivity index (χ0v) is 35.8. The monoisotopic (exact) mass is 962 g/mol. The summed E-state index contributed by atoms with van der Waals surface area (Å²) in [5.41, 5.74) is 1.07. The van der Waals surface area contributed by atoms with E-state index < -0.39 is 42.3 Å². The Balaban J connectivity index is 0.00000458. The molecular weight excluding hydrogens is 918 g/mol. The molecule has 0 aliphatic carbocycles. The van der Waals surface area contributed by atoms with Crippen LogP contribution in [0.4, 0.5) is 26.3 Å². The first-order valence-corrected chi connectivity index (χ1v) is 20.2. The van der Waals surface area contributed by atoms with Gasteiger partial charge in [-0.15, -0.1) is 0 Å². The molecule has 4 aromatic rings. The predicted molar refractivity (Wildman–Crippen MR) is 218 cm³/mol. The van der Waals surface area contributed by atoms with Crippen molar-refractivity contribution in [3.05, 3.63) is 115 Å². The van der Waals surface area contributed by atoms with Crippen LogP contribution in [0.15, 0.2) is 81.7 Å². The highest BCUT2D eigenvalue weighted by Gasteiger charge is 2.33. The van der Waals surface area contributed by atoms with Crippen LogP contribution in [0.3, 0.4) is 0 Å². The summed E-state index contributed by atoms with van der Waals surface area (Å²) in [6.45, 7) is 4.22. The molecule has 2 N–H and O–H groups in total. The molecule has 0 aromatic heterocycles. The number of aliphatic carboxylic acids is 2. The highest BCUT2D eigenvalue weighted by molar-refractivity contribution is 9.11. The Morgan fingerprint density at radius 1 is 0.661 bits per heavy atom. The van der Waals surface area contributed by atoms with Gasteiger partial charge in [-0.1, -0.05) is 36.4 Å². The molecule has 0 fully saturated rings. The van der Waals surface area contributed by atoms with Crippen LogP contribution >= 0.6 is 31.9 Å². The third-order valence-electron chi connectivity index (χ3n) is 8.95. The molecule has 0 saturated carbocycles. The second-order valence-electron chi connectivity index (χ2n) is 13.0. The molecule has 8 nitrogen and oxygen atoms in total. The van der Waals surface area contributed by atoms with Gasteiger partial charge in [-0.25, -0.2) is 18.4 Å². The maximum Gasteiger partial charge on any atom is 0.416 e. The van der Waals surface area contributed by atoms with Crippen molar-refractivity contribution in [1.29, 1.82) is 0 Å². The van der Waals surface area contributed by atoms with Gasteiger partial charge in [0, 0.05) is 31.6 Å². The molecule has 0 amide bonds. The zero-order valence-electron chi connectivity index (χ0n) is 32.6. The van der Waals surface area contributed by atoms with Gasteiger partial charge in [0.2, 0.25) is 0 Å². The molecule has 0 aliphatic rings. The van der Waals surface area contributed by atoms with Crippen LogP contribution in [-0.4, -0.2) is 68.0 Å². The fourth-order valence-electron chi connectivity index (χ4n) is 6.18. The van der Waals surface area contributed by atoms with Gasteiger partial charge in [0.15, 0.2) is 12.2 Å². The summed E-state index contributed by atoms with van der Waals surface area (Å²) in [4.78, 5) is 22.8. The lowest BCUT2D eigenvalue weighted by atomic mass is 9.93. The fraction of sp³-hybridized carbons (Fsp3) is 0.395. The van der Waals surface area contributed by atoms with Gasteiger partial charge in [0.25, 0.3) is 6.43 Å². The molecule has 0 radical (unpaired) electrons. The molecule has 4 rings (SSSR count). The first-order valence-electron chi connectivity index (χ1n) is 18.6. The van der Waals surface area contributed by atoms with E-state index in [-0.39, 0.29) is 80.8 Å². The average Bonchev–Trinajstić information content (AvgIpc) is 3.19. The Morgan fingerprint density at radius 3 is 1.51 bits per heavy atom. The molecule has 0 aliphatic heterocycles. The van der Waals surface area contributed by atoms with E-state index in [1.54, 1.807) is 50.2 Å². The van der Waals surface area contributed by atoms with Crippen LogP contribution in [0, 0.1) is 0 Å². The van der Waals surface area contributed by atoms with Crippen molar-refractivity contribution in [2.45, 2.75) is 77.2 Å². The van der Waals surface area contributed by atoms with Crippen molar-refractivity contribution in [1.82, 2.24) is 0 Å². The summed E-state index contributed by atoms with van der Waals surface area (Å²) in [6.07, 6.45) is -8.31. The summed E-state index contributed by atoms with van der Waals surface area (Å²) in [7, 11) is 0.500. The van der Waals surface area contributed by atoms with Crippen molar-refractivity contribution in [3.8, 4) is 22.6 Å². The summed E-state index contributed by atoms with van der Waals surface area (Å²) in [5.74, 6) is -1.20. The topological polar surface area (TPSA) is 112 Å². The summed E-state index contributed by atoms with van der Waals surface area (Å²) in [5, 5.41) is 18.7. The summed E-state index contributed by atoms with van der Waals surface area (Å²) >= 11 is 6.83. The quantitative estimate of drug-likeness (QED) is 0.0592. The Kier molecular flexibility index (Phi) is 20.2. The molecule has 0 spiro atoms. The van der Waals surface area contributed by atoms with Gasteiger partial charge >= 0.3 is 18.1 Å². The number of carbonyl (C=O) groups is 2. The smallest absolute Gasteiger partial charge is 0.416 e. The minimum Gasteiger partial charge on any atom is -0.492 e. The second kappa shape index (κ2) is 24.2. The van der Waals surface area contributed by atoms with Crippen LogP contribution in [0.5, 0.6) is 11.5 Å². The van der Waals surface area contributed by atoms with Crippen molar-refractivity contribution in [3.63, 3.8) is 0 Å². The highest BCUT2D eigenvalue weighted by Crippen LogP contribution is 2.37. The van der Waals surface area contributed by atoms with Crippen molar-refractivity contribution >= 4 is 43.8 Å². The van der Waals surface area contributed by atoms with E-state index in [1.165, 1.54) is 30.3 Å². The average molecular weight is 965 g/mol. The molecule has 59 heavy (non-hydrogen) atoms. The predicted octanol–water partition coefficient (Wildman–Crippen LogP) is 11.5. The zero-order chi connectivity index (χ0) is 43.7. The normalized spacial score (nSPS) is 12.4. The lowest BCUT2D eigenvalue weighted by Gasteiger charge is -2.17. The number of ether oxygens (including phenoxy) is 4. The standard InChI is InChI=1S/C42H43Br2F5O8.CH3F/c1-3-54-37(40(50)51)21-25-9-15-35(33(43)19-25)56-17-5-7-27-11-13-29(23-31(27)39(45)46)30-14-12-28(32(24-30)42(47,48)49)8-6-18-57-36-16-10-26(20-34(36)44)22-38(41(52)53)55-4-2;1-2/h9-16,19-20,23-24,37-39H,3-8,17-18,21-22H2,1-2H3,(H,50,51)(H,52,53);1H3. The first kappa shape index (κ1) is 49.2. The molecule has 0 saturated heterocycles. The molecular formula is C43H46Br2F6O8. The molecule has 2 unspecified atom stereocenters. The number of hydrogen-bond acceptors (Lipinski definition) is 6. The van der Waals surface area contributed by atoms with Gasteiger partial charge < -0.3 is 29.2 Å². The molecule has 0 heterocycles. The summed E-state index contributed by atoms with van der Waals surface area (Å²) < 4.78 is 104. The molecule has 16 heteroatoms. The molecule has 0 bridgehead atoms. The van der Waals surface area contributed by atoms with Gasteiger partial charge in [0.05, 0.1) is 34.9 Å². The van der Waals surface area contributed by atoms with E-state index in [9.17, 15) is 46.1 Å². The third-order valence-corrected chi connectivity index (χ3v) is 10.2. The minimum absolute atomic E-state index is 0.0434. The van der Waals surface area contributed by atoms with Crippen molar-refractivity contribution < 1.29 is 65.1 Å². The van der Waals surface area contributed by atoms with Crippen LogP contribution in [0.2, 0.25) is 0 Å². The third kappa shape index (κ3) is 15.1. The lowest BCUT2D eigenvalue weighted by Crippen LogP contribution is -2.26. The SMILES string of the molecule is CCOC(Cc1ccc(OCCCc2ccc(-c3ccc(CCCOc4ccc(CC(OCC)C(=O)O)cc4Br)c(C(F)(F)F)c3)cc2C(F)F)c(Br)c1)C(=O)O.CF. The number of carboxylic acid groups (broad SMARTS) is 2. The van der Waals surface area contributed by atoms with Crippen molar-refractivity contribution in [2.75, 3.05) is 33.6 Å². The van der Waals surface area contributed by atoms with E-state index in [0.29, 0.717) is 45.2 Å². The lowest BCUT2D eigenvalue weighted by molar-refractivity contribution is -0.150. The van der Waals surface area contributed by atoms with Gasteiger partial charge in [-0.05, 0) is 141 Å². The maximum absolute atomic E-state index is 14.3. The van der Waals surface area contributed by atoms with E-state index in [4.69, 9.17) is 18.9 Å². The van der Waals surface area contributed by atoms with Crippen LogP contribution < -0.4 is 9.47 Å². The van der Waals surface area contributed by atoms with E-state index in [2.05, 4.69) is 31.9 Å². The number of hydrogen-bond donors (Lipinski definition) is 2. The van der Waals surface area contributed by atoms with Crippen molar-refractivity contribution in [2.24, 2.45) is 0 Å². The Bertz CT molecular complexity index is 1980. The minimum atomic E-state index is -4.69. The number of carboxylic acids is 2. The Hall–Kier alpha value is -4.12. The van der Waals surface area contributed by atoms with E-state index >= 15 is 0 Å². The van der Waals surface area contributed by atoms with Crippen LogP contribution in [0.1, 0.15) is 66.5 Å². The van der Waals surface area contributed by atoms with Crippen LogP contribution in [0.25, 0.3) is 11.1 Å². The Labute approximate surface area is 356 Å². The number of aryl methyl sites for hydroxylation is 2. The van der Waals surface area contributed by atoms with Gasteiger partial charge in [0.1, 0.15) is 11.5 Å². The fourth-order valence-corrected chi connectivity index (χ4v) is 7.26. The van der Waals surface area contributed by atoms with Gasteiger partial charge in [-0.3, -0.25) is 4.39 Å². The number of benzene rings is 4. The Morgan fingerprint density at radius 2 is 1.10 bits per heavy atom. The summed E-state index contributed by atoms with van der Waals surface area (Å²) in [6, 6.07) is 18.3. The van der Waals surface area contributed by atoms with Gasteiger partial charge in [-0.2, -0.15) is 13.2 Å². The maximum atomic E-state index is 14.3. The molecule has 4 aromatic carbocycles. The molecule has 2 atom stereocenters. The van der Waals surface area contributed by atoms with E-state index in [0.717, 1.165) is 11.6 Å². The number of alkyl halides is 6. The molecule has 322 valence electrons. The largest absolute Gasteiger partial charge is 0.492 e. The number of halogens is 8. The highest BCUT2D eigenvalue weighted by atomic mass is 79.9. The first-order chi connectivity index (χ1) is 28.1. The van der Waals surface area contributed by atoms with E-state index in [1.807, 2.05) is 0 Å². The van der Waals surface area contributed by atoms with Crippen LogP contribution in [-0.2, 0) is 50.9 Å². The second-order valence-corrected chi connectivity index (χ2v) is 14.7. The number of rotatable bonds is 22.